The first-order valence-corrected chi connectivity index (χ1v) is 8.90. The minimum absolute atomic E-state index is 0.190. The molecule has 112 valence electrons. The highest BCUT2D eigenvalue weighted by molar-refractivity contribution is 7.91. The Morgan fingerprint density at radius 2 is 2.00 bits per heavy atom. The average Bonchev–Trinajstić information content (AvgIpc) is 2.47. The van der Waals surface area contributed by atoms with E-state index in [1.165, 1.54) is 12.8 Å². The number of rotatable bonds is 5. The first-order valence-electron chi connectivity index (χ1n) is 7.25. The van der Waals surface area contributed by atoms with Crippen molar-refractivity contribution in [3.8, 4) is 0 Å². The maximum Gasteiger partial charge on any atom is 0.179 e. The lowest BCUT2D eigenvalue weighted by Gasteiger charge is -2.29. The molecule has 0 radical (unpaired) electrons. The van der Waals surface area contributed by atoms with Crippen molar-refractivity contribution in [3.63, 3.8) is 0 Å². The number of nitrogens with zero attached hydrogens (tertiary/aromatic N) is 1. The van der Waals surface area contributed by atoms with Crippen molar-refractivity contribution < 1.29 is 8.42 Å². The van der Waals surface area contributed by atoms with Crippen LogP contribution >= 0.6 is 0 Å². The molecule has 2 rings (SSSR count). The van der Waals surface area contributed by atoms with Crippen molar-refractivity contribution in [3.05, 3.63) is 29.8 Å². The standard InChI is InChI=1S/C15H24N2O2S/c1-13-5-7-17(8-6-13)9-10-20(18,19)15-4-2-3-14(11-15)12-16/h2-4,11,13H,5-10,12,16H2,1H3. The van der Waals surface area contributed by atoms with Crippen molar-refractivity contribution >= 4 is 9.84 Å². The van der Waals surface area contributed by atoms with Gasteiger partial charge in [0, 0.05) is 13.1 Å². The van der Waals surface area contributed by atoms with Gasteiger partial charge in [-0.3, -0.25) is 0 Å². The highest BCUT2D eigenvalue weighted by Crippen LogP contribution is 2.17. The van der Waals surface area contributed by atoms with Crippen LogP contribution in [0.1, 0.15) is 25.3 Å². The predicted molar refractivity (Wildman–Crippen MR) is 81.2 cm³/mol. The Labute approximate surface area is 121 Å². The van der Waals surface area contributed by atoms with E-state index < -0.39 is 9.84 Å². The third-order valence-electron chi connectivity index (χ3n) is 4.05. The summed E-state index contributed by atoms with van der Waals surface area (Å²) >= 11 is 0. The number of nitrogens with two attached hydrogens (primary N) is 1. The zero-order chi connectivity index (χ0) is 14.6. The van der Waals surface area contributed by atoms with Crippen molar-refractivity contribution in [2.45, 2.75) is 31.2 Å². The van der Waals surface area contributed by atoms with Gasteiger partial charge in [-0.2, -0.15) is 0 Å². The molecule has 0 aliphatic carbocycles. The Hall–Kier alpha value is -0.910. The summed E-state index contributed by atoms with van der Waals surface area (Å²) in [4.78, 5) is 2.65. The zero-order valence-corrected chi connectivity index (χ0v) is 12.9. The van der Waals surface area contributed by atoms with E-state index in [-0.39, 0.29) is 5.75 Å². The fraction of sp³-hybridized carbons (Fsp3) is 0.600. The lowest BCUT2D eigenvalue weighted by Crippen LogP contribution is -2.36. The molecule has 1 aromatic carbocycles. The van der Waals surface area contributed by atoms with Gasteiger partial charge in [-0.25, -0.2) is 8.42 Å². The molecule has 0 amide bonds. The second-order valence-corrected chi connectivity index (χ2v) is 7.80. The molecule has 1 saturated heterocycles. The van der Waals surface area contributed by atoms with Gasteiger partial charge >= 0.3 is 0 Å². The monoisotopic (exact) mass is 296 g/mol. The quantitative estimate of drug-likeness (QED) is 0.897. The SMILES string of the molecule is CC1CCN(CCS(=O)(=O)c2cccc(CN)c2)CC1. The summed E-state index contributed by atoms with van der Waals surface area (Å²) in [5, 5.41) is 0. The van der Waals surface area contributed by atoms with Crippen molar-refractivity contribution in [1.82, 2.24) is 4.90 Å². The Morgan fingerprint density at radius 3 is 2.65 bits per heavy atom. The van der Waals surface area contributed by atoms with Gasteiger partial charge in [-0.1, -0.05) is 19.1 Å². The second kappa shape index (κ2) is 6.70. The van der Waals surface area contributed by atoms with Crippen LogP contribution in [0.5, 0.6) is 0 Å². The topological polar surface area (TPSA) is 63.4 Å². The minimum Gasteiger partial charge on any atom is -0.326 e. The summed E-state index contributed by atoms with van der Waals surface area (Å²) in [5.41, 5.74) is 6.42. The minimum atomic E-state index is -3.20. The summed E-state index contributed by atoms with van der Waals surface area (Å²) in [6.07, 6.45) is 2.34. The Bertz CT molecular complexity index is 535. The number of piperidine rings is 1. The number of benzene rings is 1. The Kier molecular flexibility index (Phi) is 5.18. The van der Waals surface area contributed by atoms with E-state index >= 15 is 0 Å². The second-order valence-electron chi connectivity index (χ2n) is 5.69. The normalized spacial score (nSPS) is 18.3. The van der Waals surface area contributed by atoms with Crippen molar-refractivity contribution in [2.24, 2.45) is 11.7 Å². The number of likely N-dealkylation sites (tertiary alicyclic amines) is 1. The molecule has 4 nitrogen and oxygen atoms in total. The van der Waals surface area contributed by atoms with Crippen LogP contribution < -0.4 is 5.73 Å². The number of sulfone groups is 1. The molecule has 0 atom stereocenters. The molecule has 0 bridgehead atoms. The first-order chi connectivity index (χ1) is 9.51. The molecule has 2 N–H and O–H groups in total. The Morgan fingerprint density at radius 1 is 1.30 bits per heavy atom. The molecule has 1 heterocycles. The van der Waals surface area contributed by atoms with Gasteiger partial charge in [0.15, 0.2) is 9.84 Å². The van der Waals surface area contributed by atoms with E-state index in [1.54, 1.807) is 18.2 Å². The van der Waals surface area contributed by atoms with Crippen LogP contribution in [0.2, 0.25) is 0 Å². The van der Waals surface area contributed by atoms with Crippen molar-refractivity contribution in [1.29, 1.82) is 0 Å². The van der Waals surface area contributed by atoms with Gasteiger partial charge in [0.05, 0.1) is 10.6 Å². The summed E-state index contributed by atoms with van der Waals surface area (Å²) in [7, 11) is -3.20. The molecule has 1 fully saturated rings. The zero-order valence-electron chi connectivity index (χ0n) is 12.1. The van der Waals surface area contributed by atoms with Gasteiger partial charge in [-0.15, -0.1) is 0 Å². The smallest absolute Gasteiger partial charge is 0.179 e. The molecular weight excluding hydrogens is 272 g/mol. The highest BCUT2D eigenvalue weighted by atomic mass is 32.2. The Balaban J connectivity index is 1.96. The largest absolute Gasteiger partial charge is 0.326 e. The van der Waals surface area contributed by atoms with E-state index in [9.17, 15) is 8.42 Å². The van der Waals surface area contributed by atoms with Gasteiger partial charge < -0.3 is 10.6 Å². The van der Waals surface area contributed by atoms with Crippen LogP contribution in [0.15, 0.2) is 29.2 Å². The van der Waals surface area contributed by atoms with Crippen LogP contribution in [0.25, 0.3) is 0 Å². The van der Waals surface area contributed by atoms with E-state index in [1.807, 2.05) is 6.07 Å². The van der Waals surface area contributed by atoms with Gasteiger partial charge in [0.25, 0.3) is 0 Å². The molecular formula is C15H24N2O2S. The maximum absolute atomic E-state index is 12.3. The molecule has 5 heteroatoms. The van der Waals surface area contributed by atoms with E-state index in [0.29, 0.717) is 18.0 Å². The maximum atomic E-state index is 12.3. The van der Waals surface area contributed by atoms with Crippen LogP contribution in [0.4, 0.5) is 0 Å². The third-order valence-corrected chi connectivity index (χ3v) is 5.74. The van der Waals surface area contributed by atoms with Gasteiger partial charge in [0.2, 0.25) is 0 Å². The van der Waals surface area contributed by atoms with Crippen LogP contribution in [-0.4, -0.2) is 38.7 Å². The van der Waals surface area contributed by atoms with Crippen LogP contribution in [-0.2, 0) is 16.4 Å². The summed E-state index contributed by atoms with van der Waals surface area (Å²) in [5.74, 6) is 0.958. The number of hydrogen-bond donors (Lipinski definition) is 1. The molecule has 20 heavy (non-hydrogen) atoms. The van der Waals surface area contributed by atoms with E-state index in [4.69, 9.17) is 5.73 Å². The third kappa shape index (κ3) is 4.04. The molecule has 0 saturated carbocycles. The predicted octanol–water partition coefficient (Wildman–Crippen LogP) is 1.65. The molecule has 0 unspecified atom stereocenters. The molecule has 1 aliphatic heterocycles. The first kappa shape index (κ1) is 15.5. The lowest BCUT2D eigenvalue weighted by molar-refractivity contribution is 0.202. The fourth-order valence-corrected chi connectivity index (χ4v) is 3.87. The van der Waals surface area contributed by atoms with Crippen molar-refractivity contribution in [2.75, 3.05) is 25.4 Å². The summed E-state index contributed by atoms with van der Waals surface area (Å²) < 4.78 is 24.7. The van der Waals surface area contributed by atoms with Gasteiger partial charge in [-0.05, 0) is 49.5 Å². The highest BCUT2D eigenvalue weighted by Gasteiger charge is 2.20. The lowest BCUT2D eigenvalue weighted by atomic mass is 9.99. The fourth-order valence-electron chi connectivity index (χ4n) is 2.52. The molecule has 1 aromatic rings. The van der Waals surface area contributed by atoms with Crippen LogP contribution in [0, 0.1) is 5.92 Å². The average molecular weight is 296 g/mol. The van der Waals surface area contributed by atoms with Crippen LogP contribution in [0.3, 0.4) is 0 Å². The number of hydrogen-bond acceptors (Lipinski definition) is 4. The summed E-state index contributed by atoms with van der Waals surface area (Å²) in [6.45, 7) is 5.28. The summed E-state index contributed by atoms with van der Waals surface area (Å²) in [6, 6.07) is 6.96. The molecule has 1 aliphatic rings. The van der Waals surface area contributed by atoms with E-state index in [0.717, 1.165) is 24.6 Å². The van der Waals surface area contributed by atoms with E-state index in [2.05, 4.69) is 11.8 Å². The molecule has 0 aromatic heterocycles. The molecule has 0 spiro atoms. The van der Waals surface area contributed by atoms with Gasteiger partial charge in [0.1, 0.15) is 0 Å².